The van der Waals surface area contributed by atoms with Gasteiger partial charge in [0.05, 0.1) is 9.49 Å². The van der Waals surface area contributed by atoms with E-state index in [1.165, 1.54) is 88.7 Å². The minimum Gasteiger partial charge on any atom is -0.130 e. The molecule has 6 aromatic rings. The molecule has 0 nitrogen and oxygen atoms in total. The van der Waals surface area contributed by atoms with E-state index in [4.69, 9.17) is 0 Å². The summed E-state index contributed by atoms with van der Waals surface area (Å²) in [5, 5.41) is 0. The predicted octanol–water partition coefficient (Wildman–Crippen LogP) is 13.2. The number of fused-ring (bicyclic) bond motifs is 10. The summed E-state index contributed by atoms with van der Waals surface area (Å²) in [4.78, 5) is 2.87. The molecular formula is C48H36CuS3. The SMILES string of the molecule is C1=Cc2ccccc2C(=C2CCSc3ccccc32)c2ccccc21.C1=Cc2ccccc2C2(SC23CCSc2ccccc23)c2ccccc21.[Cu]. The van der Waals surface area contributed by atoms with E-state index in [0.29, 0.717) is 0 Å². The number of allylic oxidation sites excluding steroid dienone is 1. The molecule has 6 aromatic carbocycles. The summed E-state index contributed by atoms with van der Waals surface area (Å²) in [5.41, 5.74) is 16.8. The Kier molecular flexibility index (Phi) is 9.02. The minimum absolute atomic E-state index is 0. The molecule has 2 spiro atoms. The third kappa shape index (κ3) is 5.38. The van der Waals surface area contributed by atoms with Crippen molar-refractivity contribution in [1.82, 2.24) is 0 Å². The van der Waals surface area contributed by atoms with Gasteiger partial charge in [-0.05, 0) is 97.5 Å². The molecule has 0 saturated carbocycles. The number of rotatable bonds is 0. The Labute approximate surface area is 330 Å². The van der Waals surface area contributed by atoms with Crippen molar-refractivity contribution in [3.05, 3.63) is 201 Å². The van der Waals surface area contributed by atoms with Crippen molar-refractivity contribution in [2.45, 2.75) is 32.1 Å². The van der Waals surface area contributed by atoms with E-state index in [1.807, 2.05) is 23.5 Å². The van der Waals surface area contributed by atoms with Gasteiger partial charge in [-0.1, -0.05) is 158 Å². The maximum atomic E-state index is 2.37. The summed E-state index contributed by atoms with van der Waals surface area (Å²) < 4.78 is 0.188. The van der Waals surface area contributed by atoms with Gasteiger partial charge in [-0.2, -0.15) is 0 Å². The summed E-state index contributed by atoms with van der Waals surface area (Å²) in [6, 6.07) is 53.5. The second-order valence-electron chi connectivity index (χ2n) is 13.7. The van der Waals surface area contributed by atoms with Gasteiger partial charge >= 0.3 is 0 Å². The molecule has 0 amide bonds. The molecule has 52 heavy (non-hydrogen) atoms. The van der Waals surface area contributed by atoms with Gasteiger partial charge < -0.3 is 0 Å². The van der Waals surface area contributed by atoms with Crippen molar-refractivity contribution in [2.24, 2.45) is 0 Å². The molecule has 1 fully saturated rings. The fourth-order valence-corrected chi connectivity index (χ4v) is 13.2. The molecule has 1 unspecified atom stereocenters. The third-order valence-electron chi connectivity index (χ3n) is 11.0. The second-order valence-corrected chi connectivity index (χ2v) is 17.5. The number of hydrogen-bond donors (Lipinski definition) is 0. The average molecular weight is 773 g/mol. The quantitative estimate of drug-likeness (QED) is 0.111. The third-order valence-corrected chi connectivity index (χ3v) is 15.2. The van der Waals surface area contributed by atoms with Crippen LogP contribution in [0.5, 0.6) is 0 Å². The van der Waals surface area contributed by atoms with E-state index in [0.717, 1.165) is 12.2 Å². The summed E-state index contributed by atoms with van der Waals surface area (Å²) in [6.45, 7) is 0. The van der Waals surface area contributed by atoms with Crippen molar-refractivity contribution in [2.75, 3.05) is 11.5 Å². The van der Waals surface area contributed by atoms with Crippen molar-refractivity contribution in [3.63, 3.8) is 0 Å². The molecule has 2 aliphatic carbocycles. The van der Waals surface area contributed by atoms with Crippen molar-refractivity contribution in [3.8, 4) is 0 Å². The van der Waals surface area contributed by atoms with Crippen LogP contribution in [0, 0.1) is 0 Å². The van der Waals surface area contributed by atoms with E-state index < -0.39 is 0 Å². The first-order chi connectivity index (χ1) is 25.3. The van der Waals surface area contributed by atoms with Gasteiger partial charge in [0.1, 0.15) is 0 Å². The Balaban J connectivity index is 0.000000136. The van der Waals surface area contributed by atoms with Crippen LogP contribution in [0.2, 0.25) is 0 Å². The fraction of sp³-hybridized carbons (Fsp3) is 0.125. The molecule has 257 valence electrons. The number of hydrogen-bond acceptors (Lipinski definition) is 3. The first-order valence-electron chi connectivity index (χ1n) is 17.9. The Bertz CT molecular complexity index is 2340. The molecule has 1 saturated heterocycles. The van der Waals surface area contributed by atoms with Gasteiger partial charge in [-0.3, -0.25) is 0 Å². The molecule has 3 heterocycles. The normalized spacial score (nSPS) is 19.2. The van der Waals surface area contributed by atoms with E-state index in [1.54, 1.807) is 0 Å². The molecule has 1 atom stereocenters. The van der Waals surface area contributed by atoms with Crippen LogP contribution in [0.1, 0.15) is 68.5 Å². The predicted molar refractivity (Wildman–Crippen MR) is 223 cm³/mol. The molecule has 5 aliphatic rings. The number of benzene rings is 6. The smallest absolute Gasteiger partial charge is 0.0866 e. The van der Waals surface area contributed by atoms with Gasteiger partial charge in [0.25, 0.3) is 0 Å². The molecular weight excluding hydrogens is 736 g/mol. The summed E-state index contributed by atoms with van der Waals surface area (Å²) in [6.07, 6.45) is 11.5. The van der Waals surface area contributed by atoms with Crippen molar-refractivity contribution in [1.29, 1.82) is 0 Å². The van der Waals surface area contributed by atoms with E-state index in [2.05, 4.69) is 182 Å². The van der Waals surface area contributed by atoms with E-state index in [9.17, 15) is 0 Å². The molecule has 11 rings (SSSR count). The molecule has 1 radical (unpaired) electrons. The van der Waals surface area contributed by atoms with Crippen LogP contribution >= 0.6 is 35.3 Å². The maximum Gasteiger partial charge on any atom is 0.0866 e. The molecule has 0 bridgehead atoms. The molecule has 4 heteroatoms. The van der Waals surface area contributed by atoms with Crippen LogP contribution in [0.25, 0.3) is 35.5 Å². The van der Waals surface area contributed by atoms with Crippen molar-refractivity contribution >= 4 is 70.7 Å². The van der Waals surface area contributed by atoms with Gasteiger partial charge in [0.2, 0.25) is 0 Å². The molecule has 3 aliphatic heterocycles. The zero-order valence-electron chi connectivity index (χ0n) is 28.5. The van der Waals surface area contributed by atoms with Crippen LogP contribution in [0.15, 0.2) is 155 Å². The molecule has 0 N–H and O–H groups in total. The van der Waals surface area contributed by atoms with Crippen molar-refractivity contribution < 1.29 is 17.1 Å². The average Bonchev–Trinajstić information content (AvgIpc) is 3.92. The Morgan fingerprint density at radius 1 is 0.423 bits per heavy atom. The van der Waals surface area contributed by atoms with Crippen LogP contribution in [0.4, 0.5) is 0 Å². The van der Waals surface area contributed by atoms with Gasteiger partial charge in [0, 0.05) is 32.6 Å². The molecule has 0 aromatic heterocycles. The van der Waals surface area contributed by atoms with Gasteiger partial charge in [-0.25, -0.2) is 0 Å². The van der Waals surface area contributed by atoms with E-state index >= 15 is 0 Å². The fourth-order valence-electron chi connectivity index (χ4n) is 8.76. The van der Waals surface area contributed by atoms with Crippen LogP contribution in [-0.4, -0.2) is 11.5 Å². The topological polar surface area (TPSA) is 0 Å². The standard InChI is InChI=1S/C24H18S2.C24H18S.Cu/c1-3-9-19-17(7-1)13-14-18-8-2-4-10-20(18)24(19)23(26-24)15-16-25-22-12-6-5-11-21(22)23;1-3-9-19-17(7-1)13-14-18-8-2-4-10-20(18)24(19)22-15-16-25-23-12-6-5-11-21(22)23;/h1-14H,15-16H2;1-14H,15-16H2;. The maximum absolute atomic E-state index is 2.37. The minimum atomic E-state index is 0. The second kappa shape index (κ2) is 13.8. The first kappa shape index (κ1) is 33.9. The first-order valence-corrected chi connectivity index (χ1v) is 20.7. The summed E-state index contributed by atoms with van der Waals surface area (Å²) >= 11 is 6.16. The van der Waals surface area contributed by atoms with Crippen LogP contribution < -0.4 is 0 Å². The Morgan fingerprint density at radius 2 is 0.885 bits per heavy atom. The Hall–Kier alpha value is -3.89. The van der Waals surface area contributed by atoms with Crippen LogP contribution in [0.3, 0.4) is 0 Å². The summed E-state index contributed by atoms with van der Waals surface area (Å²) in [5.74, 6) is 2.34. The summed E-state index contributed by atoms with van der Waals surface area (Å²) in [7, 11) is 0. The number of thioether (sulfide) groups is 3. The van der Waals surface area contributed by atoms with Crippen LogP contribution in [-0.2, 0) is 26.6 Å². The zero-order chi connectivity index (χ0) is 33.8. The monoisotopic (exact) mass is 771 g/mol. The van der Waals surface area contributed by atoms with Gasteiger partial charge in [0.15, 0.2) is 0 Å². The Morgan fingerprint density at radius 3 is 1.52 bits per heavy atom. The van der Waals surface area contributed by atoms with Gasteiger partial charge in [-0.15, -0.1) is 35.3 Å². The largest absolute Gasteiger partial charge is 0.130 e. The van der Waals surface area contributed by atoms with E-state index in [-0.39, 0.29) is 26.6 Å². The zero-order valence-corrected chi connectivity index (χ0v) is 31.9.